The van der Waals surface area contributed by atoms with Gasteiger partial charge in [-0.2, -0.15) is 5.10 Å². The first-order valence-electron chi connectivity index (χ1n) is 11.3. The molecule has 0 bridgehead atoms. The van der Waals surface area contributed by atoms with Crippen molar-refractivity contribution in [3.63, 3.8) is 0 Å². The first kappa shape index (κ1) is 23.9. The van der Waals surface area contributed by atoms with Crippen LogP contribution in [0.2, 0.25) is 5.02 Å². The SMILES string of the molecule is CCC(=O)N(CCN1CCOCC1)CC(=O)N1N=C(c2cccs2)C[C@@H]1c1ccc(Cl)cc1. The Balaban J connectivity index is 1.51. The molecule has 7 nitrogen and oxygen atoms in total. The normalized spacial score (nSPS) is 18.9. The Morgan fingerprint density at radius 1 is 1.21 bits per heavy atom. The summed E-state index contributed by atoms with van der Waals surface area (Å²) in [4.78, 5) is 31.1. The standard InChI is InChI=1S/C24H29ClN4O3S/c1-2-23(30)28(10-9-27-11-13-32-14-12-27)17-24(31)29-21(18-5-7-19(25)8-6-18)16-20(26-29)22-4-3-15-33-22/h3-8,15,21H,2,9-14,16-17H2,1H3/t21-/m1/s1. The van der Waals surface area contributed by atoms with Gasteiger partial charge in [0, 0.05) is 44.0 Å². The van der Waals surface area contributed by atoms with Crippen LogP contribution in [-0.4, -0.2) is 78.3 Å². The van der Waals surface area contributed by atoms with Crippen LogP contribution in [-0.2, 0) is 14.3 Å². The quantitative estimate of drug-likeness (QED) is 0.569. The Hall–Kier alpha value is -2.26. The molecule has 1 saturated heterocycles. The van der Waals surface area contributed by atoms with Gasteiger partial charge in [0.25, 0.3) is 5.91 Å². The molecule has 2 aliphatic heterocycles. The number of hydrazone groups is 1. The first-order valence-corrected chi connectivity index (χ1v) is 12.6. The molecule has 4 rings (SSSR count). The van der Waals surface area contributed by atoms with Gasteiger partial charge in [0.05, 0.1) is 29.8 Å². The van der Waals surface area contributed by atoms with E-state index >= 15 is 0 Å². The second kappa shape index (κ2) is 11.2. The number of benzene rings is 1. The number of ether oxygens (including phenoxy) is 1. The summed E-state index contributed by atoms with van der Waals surface area (Å²) in [6, 6.07) is 11.3. The summed E-state index contributed by atoms with van der Waals surface area (Å²) >= 11 is 7.69. The largest absolute Gasteiger partial charge is 0.379 e. The second-order valence-corrected chi connectivity index (χ2v) is 9.54. The summed E-state index contributed by atoms with van der Waals surface area (Å²) in [5, 5.41) is 8.93. The van der Waals surface area contributed by atoms with E-state index in [9.17, 15) is 9.59 Å². The van der Waals surface area contributed by atoms with Gasteiger partial charge in [-0.15, -0.1) is 11.3 Å². The molecule has 1 atom stereocenters. The van der Waals surface area contributed by atoms with Crippen molar-refractivity contribution in [2.45, 2.75) is 25.8 Å². The number of hydrogen-bond acceptors (Lipinski definition) is 6. The molecule has 1 fully saturated rings. The van der Waals surface area contributed by atoms with Gasteiger partial charge in [-0.1, -0.05) is 36.7 Å². The van der Waals surface area contributed by atoms with Crippen molar-refractivity contribution < 1.29 is 14.3 Å². The number of hydrogen-bond donors (Lipinski definition) is 0. The van der Waals surface area contributed by atoms with E-state index in [1.807, 2.05) is 48.7 Å². The number of carbonyl (C=O) groups excluding carboxylic acids is 2. The van der Waals surface area contributed by atoms with Crippen molar-refractivity contribution in [3.8, 4) is 0 Å². The van der Waals surface area contributed by atoms with E-state index in [1.165, 1.54) is 0 Å². The van der Waals surface area contributed by atoms with E-state index in [1.54, 1.807) is 21.2 Å². The van der Waals surface area contributed by atoms with Crippen LogP contribution in [0.3, 0.4) is 0 Å². The van der Waals surface area contributed by atoms with E-state index in [-0.39, 0.29) is 24.4 Å². The van der Waals surface area contributed by atoms with E-state index in [0.29, 0.717) is 37.6 Å². The van der Waals surface area contributed by atoms with Crippen LogP contribution in [0.25, 0.3) is 0 Å². The summed E-state index contributed by atoms with van der Waals surface area (Å²) in [5.74, 6) is -0.202. The molecular weight excluding hydrogens is 460 g/mol. The van der Waals surface area contributed by atoms with Crippen LogP contribution < -0.4 is 0 Å². The summed E-state index contributed by atoms with van der Waals surface area (Å²) in [7, 11) is 0. The third-order valence-electron chi connectivity index (χ3n) is 6.00. The first-order chi connectivity index (χ1) is 16.0. The lowest BCUT2D eigenvalue weighted by atomic mass is 10.0. The predicted octanol–water partition coefficient (Wildman–Crippen LogP) is 3.65. The van der Waals surface area contributed by atoms with Crippen molar-refractivity contribution in [2.24, 2.45) is 5.10 Å². The molecule has 176 valence electrons. The van der Waals surface area contributed by atoms with Crippen LogP contribution >= 0.6 is 22.9 Å². The van der Waals surface area contributed by atoms with E-state index in [4.69, 9.17) is 21.4 Å². The third-order valence-corrected chi connectivity index (χ3v) is 7.17. The number of amides is 2. The molecule has 9 heteroatoms. The van der Waals surface area contributed by atoms with Crippen LogP contribution in [0.15, 0.2) is 46.9 Å². The molecule has 1 aromatic heterocycles. The number of nitrogens with zero attached hydrogens (tertiary/aromatic N) is 4. The number of halogens is 1. The topological polar surface area (TPSA) is 65.5 Å². The molecule has 3 heterocycles. The molecule has 0 N–H and O–H groups in total. The van der Waals surface area contributed by atoms with Crippen molar-refractivity contribution in [3.05, 3.63) is 57.2 Å². The van der Waals surface area contributed by atoms with Crippen molar-refractivity contribution >= 4 is 40.5 Å². The minimum Gasteiger partial charge on any atom is -0.379 e. The van der Waals surface area contributed by atoms with Crippen LogP contribution in [0.1, 0.15) is 36.2 Å². The minimum atomic E-state index is -0.218. The lowest BCUT2D eigenvalue weighted by Crippen LogP contribution is -2.46. The average molecular weight is 489 g/mol. The molecular formula is C24H29ClN4O3S. The third kappa shape index (κ3) is 6.00. The zero-order valence-electron chi connectivity index (χ0n) is 18.8. The number of morpholine rings is 1. The number of rotatable bonds is 8. The Labute approximate surface area is 203 Å². The molecule has 2 aliphatic rings. The number of thiophene rings is 1. The Morgan fingerprint density at radius 2 is 1.97 bits per heavy atom. The van der Waals surface area contributed by atoms with Crippen LogP contribution in [0.4, 0.5) is 0 Å². The van der Waals surface area contributed by atoms with Crippen LogP contribution in [0, 0.1) is 0 Å². The van der Waals surface area contributed by atoms with Gasteiger partial charge in [0.1, 0.15) is 6.54 Å². The molecule has 2 aromatic rings. The molecule has 0 unspecified atom stereocenters. The predicted molar refractivity (Wildman–Crippen MR) is 131 cm³/mol. The van der Waals surface area contributed by atoms with Gasteiger partial charge in [0.15, 0.2) is 0 Å². The lowest BCUT2D eigenvalue weighted by molar-refractivity contribution is -0.141. The lowest BCUT2D eigenvalue weighted by Gasteiger charge is -2.31. The molecule has 0 aliphatic carbocycles. The van der Waals surface area contributed by atoms with Crippen molar-refractivity contribution in [1.82, 2.24) is 14.8 Å². The fraction of sp³-hybridized carbons (Fsp3) is 0.458. The smallest absolute Gasteiger partial charge is 0.262 e. The van der Waals surface area contributed by atoms with Gasteiger partial charge in [-0.25, -0.2) is 5.01 Å². The zero-order chi connectivity index (χ0) is 23.2. The van der Waals surface area contributed by atoms with Gasteiger partial charge < -0.3 is 9.64 Å². The van der Waals surface area contributed by atoms with Gasteiger partial charge in [-0.3, -0.25) is 14.5 Å². The highest BCUT2D eigenvalue weighted by molar-refractivity contribution is 7.12. The Morgan fingerprint density at radius 3 is 2.64 bits per heavy atom. The average Bonchev–Trinajstić information content (AvgIpc) is 3.52. The molecule has 0 spiro atoms. The van der Waals surface area contributed by atoms with Gasteiger partial charge in [-0.05, 0) is 29.1 Å². The van der Waals surface area contributed by atoms with Crippen molar-refractivity contribution in [1.29, 1.82) is 0 Å². The highest BCUT2D eigenvalue weighted by Gasteiger charge is 2.34. The van der Waals surface area contributed by atoms with Crippen molar-refractivity contribution in [2.75, 3.05) is 45.9 Å². The summed E-state index contributed by atoms with van der Waals surface area (Å²) < 4.78 is 5.40. The maximum Gasteiger partial charge on any atom is 0.262 e. The fourth-order valence-corrected chi connectivity index (χ4v) is 4.96. The maximum absolute atomic E-state index is 13.5. The Kier molecular flexibility index (Phi) is 8.14. The summed E-state index contributed by atoms with van der Waals surface area (Å²) in [5.41, 5.74) is 1.87. The van der Waals surface area contributed by atoms with Gasteiger partial charge >= 0.3 is 0 Å². The number of carbonyl (C=O) groups is 2. The van der Waals surface area contributed by atoms with Crippen LogP contribution in [0.5, 0.6) is 0 Å². The fourth-order valence-electron chi connectivity index (χ4n) is 4.11. The maximum atomic E-state index is 13.5. The highest BCUT2D eigenvalue weighted by Crippen LogP contribution is 2.34. The highest BCUT2D eigenvalue weighted by atomic mass is 35.5. The molecule has 2 amide bonds. The molecule has 0 saturated carbocycles. The second-order valence-electron chi connectivity index (χ2n) is 8.16. The zero-order valence-corrected chi connectivity index (χ0v) is 20.4. The molecule has 0 radical (unpaired) electrons. The monoisotopic (exact) mass is 488 g/mol. The minimum absolute atomic E-state index is 0.0162. The van der Waals surface area contributed by atoms with E-state index in [0.717, 1.165) is 35.8 Å². The summed E-state index contributed by atoms with van der Waals surface area (Å²) in [6.45, 7) is 6.19. The molecule has 33 heavy (non-hydrogen) atoms. The van der Waals surface area contributed by atoms with E-state index < -0.39 is 0 Å². The molecule has 1 aromatic carbocycles. The Bertz CT molecular complexity index is 974. The summed E-state index contributed by atoms with van der Waals surface area (Å²) in [6.07, 6.45) is 0.990. The van der Waals surface area contributed by atoms with E-state index in [2.05, 4.69) is 4.90 Å². The van der Waals surface area contributed by atoms with Gasteiger partial charge in [0.2, 0.25) is 5.91 Å².